The summed E-state index contributed by atoms with van der Waals surface area (Å²) in [5.74, 6) is -0.306. The first-order valence-electron chi connectivity index (χ1n) is 6.44. The summed E-state index contributed by atoms with van der Waals surface area (Å²) in [6, 6.07) is 15.1. The Labute approximate surface area is 132 Å². The summed E-state index contributed by atoms with van der Waals surface area (Å²) >= 11 is 5.74. The monoisotopic (exact) mass is 316 g/mol. The Morgan fingerprint density at radius 3 is 2.32 bits per heavy atom. The van der Waals surface area contributed by atoms with Crippen LogP contribution in [0, 0.1) is 0 Å². The quantitative estimate of drug-likeness (QED) is 0.399. The Hall–Kier alpha value is -2.66. The molecule has 0 aliphatic carbocycles. The van der Waals surface area contributed by atoms with Crippen molar-refractivity contribution < 1.29 is 14.4 Å². The Morgan fingerprint density at radius 1 is 1.05 bits per heavy atom. The van der Waals surface area contributed by atoms with Crippen molar-refractivity contribution in [2.75, 3.05) is 5.32 Å². The number of rotatable bonds is 4. The Morgan fingerprint density at radius 2 is 1.68 bits per heavy atom. The lowest BCUT2D eigenvalue weighted by molar-refractivity contribution is 0.105. The lowest BCUT2D eigenvalue weighted by atomic mass is 10.1. The van der Waals surface area contributed by atoms with Gasteiger partial charge in [-0.2, -0.15) is 0 Å². The molecule has 5 nitrogen and oxygen atoms in total. The van der Waals surface area contributed by atoms with Crippen molar-refractivity contribution in [3.05, 3.63) is 65.2 Å². The number of hydrogen-bond donors (Lipinski definition) is 1. The third-order valence-corrected chi connectivity index (χ3v) is 2.97. The van der Waals surface area contributed by atoms with Gasteiger partial charge in [0.15, 0.2) is 0 Å². The molecule has 1 N–H and O–H groups in total. The molecule has 0 spiro atoms. The highest BCUT2D eigenvalue weighted by Gasteiger charge is 2.11. The summed E-state index contributed by atoms with van der Waals surface area (Å²) in [6.45, 7) is 1.48. The van der Waals surface area contributed by atoms with E-state index >= 15 is 0 Å². The van der Waals surface area contributed by atoms with E-state index in [0.717, 1.165) is 0 Å². The molecule has 0 saturated heterocycles. The van der Waals surface area contributed by atoms with Crippen LogP contribution in [-0.2, 0) is 4.84 Å². The standard InChI is InChI=1S/C16H13ClN2O3/c1-11(15(20)12-5-3-2-4-6-12)19-22-16(21)18-14-9-7-13(17)8-10-14/h2-10H,1H3,(H,18,21). The van der Waals surface area contributed by atoms with E-state index in [2.05, 4.69) is 15.3 Å². The molecular weight excluding hydrogens is 304 g/mol. The van der Waals surface area contributed by atoms with Gasteiger partial charge in [0.05, 0.1) is 0 Å². The van der Waals surface area contributed by atoms with Gasteiger partial charge in [0.25, 0.3) is 0 Å². The number of Topliss-reactive ketones (excluding diaryl/α,β-unsaturated/α-hetero) is 1. The average molecular weight is 317 g/mol. The SMILES string of the molecule is CC(=NOC(=O)Nc1ccc(Cl)cc1)C(=O)c1ccccc1. The third kappa shape index (κ3) is 4.43. The van der Waals surface area contributed by atoms with Gasteiger partial charge in [0, 0.05) is 16.3 Å². The van der Waals surface area contributed by atoms with Gasteiger partial charge in [-0.1, -0.05) is 47.1 Å². The number of ketones is 1. The predicted octanol–water partition coefficient (Wildman–Crippen LogP) is 4.15. The summed E-state index contributed by atoms with van der Waals surface area (Å²) in [5, 5.41) is 6.56. The molecule has 0 radical (unpaired) electrons. The van der Waals surface area contributed by atoms with Gasteiger partial charge in [-0.3, -0.25) is 14.9 Å². The molecule has 2 aromatic rings. The van der Waals surface area contributed by atoms with E-state index in [0.29, 0.717) is 16.3 Å². The molecule has 0 aliphatic rings. The van der Waals surface area contributed by atoms with E-state index in [1.165, 1.54) is 6.92 Å². The number of nitrogens with one attached hydrogen (secondary N) is 1. The van der Waals surface area contributed by atoms with Crippen LogP contribution in [0.1, 0.15) is 17.3 Å². The van der Waals surface area contributed by atoms with Crippen LogP contribution in [0.2, 0.25) is 5.02 Å². The van der Waals surface area contributed by atoms with Gasteiger partial charge in [0.2, 0.25) is 5.78 Å². The fourth-order valence-corrected chi connectivity index (χ4v) is 1.75. The zero-order valence-electron chi connectivity index (χ0n) is 11.7. The maximum atomic E-state index is 12.0. The first-order chi connectivity index (χ1) is 10.6. The molecule has 0 aromatic heterocycles. The van der Waals surface area contributed by atoms with Gasteiger partial charge in [-0.25, -0.2) is 4.79 Å². The fraction of sp³-hybridized carbons (Fsp3) is 0.0625. The lowest BCUT2D eigenvalue weighted by Gasteiger charge is -2.03. The second-order valence-corrected chi connectivity index (χ2v) is 4.82. The number of carbonyl (C=O) groups excluding carboxylic acids is 2. The molecule has 0 unspecified atom stereocenters. The number of oxime groups is 1. The average Bonchev–Trinajstić information content (AvgIpc) is 2.55. The van der Waals surface area contributed by atoms with Gasteiger partial charge in [0.1, 0.15) is 5.71 Å². The Bertz CT molecular complexity index is 697. The highest BCUT2D eigenvalue weighted by atomic mass is 35.5. The first-order valence-corrected chi connectivity index (χ1v) is 6.82. The van der Waals surface area contributed by atoms with Gasteiger partial charge < -0.3 is 0 Å². The van der Waals surface area contributed by atoms with Crippen molar-refractivity contribution in [3.63, 3.8) is 0 Å². The van der Waals surface area contributed by atoms with Crippen LogP contribution in [0.4, 0.5) is 10.5 Å². The van der Waals surface area contributed by atoms with E-state index in [4.69, 9.17) is 11.6 Å². The molecule has 0 heterocycles. The van der Waals surface area contributed by atoms with Crippen LogP contribution in [0.3, 0.4) is 0 Å². The number of hydrogen-bond acceptors (Lipinski definition) is 4. The van der Waals surface area contributed by atoms with Crippen molar-refractivity contribution in [1.29, 1.82) is 0 Å². The van der Waals surface area contributed by atoms with Gasteiger partial charge in [-0.05, 0) is 31.2 Å². The third-order valence-electron chi connectivity index (χ3n) is 2.72. The molecule has 0 saturated carbocycles. The van der Waals surface area contributed by atoms with Gasteiger partial charge >= 0.3 is 6.09 Å². The lowest BCUT2D eigenvalue weighted by Crippen LogP contribution is -2.15. The first kappa shape index (κ1) is 15.7. The zero-order chi connectivity index (χ0) is 15.9. The summed E-state index contributed by atoms with van der Waals surface area (Å²) in [7, 11) is 0. The zero-order valence-corrected chi connectivity index (χ0v) is 12.5. The predicted molar refractivity (Wildman–Crippen MR) is 85.4 cm³/mol. The number of halogens is 1. The number of nitrogens with zero attached hydrogens (tertiary/aromatic N) is 1. The van der Waals surface area contributed by atoms with E-state index in [-0.39, 0.29) is 11.5 Å². The van der Waals surface area contributed by atoms with Gasteiger partial charge in [-0.15, -0.1) is 0 Å². The molecule has 2 aromatic carbocycles. The second kappa shape index (κ2) is 7.38. The highest BCUT2D eigenvalue weighted by Crippen LogP contribution is 2.13. The van der Waals surface area contributed by atoms with Crippen LogP contribution in [-0.4, -0.2) is 17.6 Å². The van der Waals surface area contributed by atoms with Crippen molar-refractivity contribution in [2.24, 2.45) is 5.16 Å². The summed E-state index contributed by atoms with van der Waals surface area (Å²) in [4.78, 5) is 28.2. The minimum absolute atomic E-state index is 0.0810. The van der Waals surface area contributed by atoms with E-state index in [1.807, 2.05) is 0 Å². The van der Waals surface area contributed by atoms with E-state index < -0.39 is 6.09 Å². The normalized spacial score (nSPS) is 10.9. The van der Waals surface area contributed by atoms with Crippen molar-refractivity contribution in [2.45, 2.75) is 6.92 Å². The number of amides is 1. The second-order valence-electron chi connectivity index (χ2n) is 4.38. The Balaban J connectivity index is 1.94. The minimum atomic E-state index is -0.789. The number of carbonyl (C=O) groups is 2. The molecule has 6 heteroatoms. The van der Waals surface area contributed by atoms with Crippen LogP contribution < -0.4 is 5.32 Å². The largest absolute Gasteiger partial charge is 0.437 e. The smallest absolute Gasteiger partial charge is 0.297 e. The highest BCUT2D eigenvalue weighted by molar-refractivity contribution is 6.45. The van der Waals surface area contributed by atoms with Crippen LogP contribution >= 0.6 is 11.6 Å². The minimum Gasteiger partial charge on any atom is -0.297 e. The van der Waals surface area contributed by atoms with E-state index in [9.17, 15) is 9.59 Å². The Kier molecular flexibility index (Phi) is 5.27. The van der Waals surface area contributed by atoms with Crippen LogP contribution in [0.15, 0.2) is 59.8 Å². The topological polar surface area (TPSA) is 67.8 Å². The van der Waals surface area contributed by atoms with E-state index in [1.54, 1.807) is 54.6 Å². The van der Waals surface area contributed by atoms with Crippen molar-refractivity contribution >= 4 is 34.9 Å². The molecule has 112 valence electrons. The fourth-order valence-electron chi connectivity index (χ4n) is 1.62. The van der Waals surface area contributed by atoms with Crippen LogP contribution in [0.25, 0.3) is 0 Å². The molecule has 0 bridgehead atoms. The molecule has 1 amide bonds. The molecule has 0 fully saturated rings. The maximum Gasteiger partial charge on any atom is 0.437 e. The van der Waals surface area contributed by atoms with Crippen molar-refractivity contribution in [3.8, 4) is 0 Å². The van der Waals surface area contributed by atoms with Crippen LogP contribution in [0.5, 0.6) is 0 Å². The molecule has 0 aliphatic heterocycles. The molecule has 0 atom stereocenters. The summed E-state index contributed by atoms with van der Waals surface area (Å²) in [5.41, 5.74) is 1.07. The molecule has 22 heavy (non-hydrogen) atoms. The summed E-state index contributed by atoms with van der Waals surface area (Å²) < 4.78 is 0. The van der Waals surface area contributed by atoms with Crippen molar-refractivity contribution in [1.82, 2.24) is 0 Å². The number of anilines is 1. The maximum absolute atomic E-state index is 12.0. The number of benzene rings is 2. The summed E-state index contributed by atoms with van der Waals surface area (Å²) in [6.07, 6.45) is -0.789. The molecule has 2 rings (SSSR count). The molecular formula is C16H13ClN2O3.